The fourth-order valence-corrected chi connectivity index (χ4v) is 4.92. The van der Waals surface area contributed by atoms with Gasteiger partial charge in [-0.25, -0.2) is 8.42 Å². The zero-order valence-electron chi connectivity index (χ0n) is 18.7. The number of benzene rings is 2. The quantitative estimate of drug-likeness (QED) is 0.422. The van der Waals surface area contributed by atoms with Crippen molar-refractivity contribution in [3.8, 4) is 0 Å². The van der Waals surface area contributed by atoms with Crippen LogP contribution in [0.15, 0.2) is 84.0 Å². The highest BCUT2D eigenvalue weighted by Crippen LogP contribution is 2.24. The monoisotopic (exact) mass is 476 g/mol. The van der Waals surface area contributed by atoms with Gasteiger partial charge in [0, 0.05) is 36.1 Å². The van der Waals surface area contributed by atoms with Gasteiger partial charge < -0.3 is 10.0 Å². The maximum absolute atomic E-state index is 13.0. The van der Waals surface area contributed by atoms with Crippen LogP contribution in [0.25, 0.3) is 10.9 Å². The molecule has 4 rings (SSSR count). The third-order valence-electron chi connectivity index (χ3n) is 5.43. The van der Waals surface area contributed by atoms with E-state index in [0.717, 1.165) is 10.9 Å². The lowest BCUT2D eigenvalue weighted by molar-refractivity contribution is 0.0674. The minimum absolute atomic E-state index is 0.0686. The second-order valence-corrected chi connectivity index (χ2v) is 9.57. The Bertz CT molecular complexity index is 1430. The molecule has 0 bridgehead atoms. The van der Waals surface area contributed by atoms with Gasteiger partial charge in [-0.05, 0) is 55.0 Å². The van der Waals surface area contributed by atoms with E-state index in [0.29, 0.717) is 22.5 Å². The molecule has 8 nitrogen and oxygen atoms in total. The van der Waals surface area contributed by atoms with E-state index >= 15 is 0 Å². The van der Waals surface area contributed by atoms with Gasteiger partial charge in [0.1, 0.15) is 11.0 Å². The summed E-state index contributed by atoms with van der Waals surface area (Å²) >= 11 is 0. The maximum atomic E-state index is 13.0. The molecule has 4 aromatic rings. The summed E-state index contributed by atoms with van der Waals surface area (Å²) in [7, 11) is -2.30. The number of aliphatic hydroxyl groups is 1. The summed E-state index contributed by atoms with van der Waals surface area (Å²) in [6.07, 6.45) is 2.22. The van der Waals surface area contributed by atoms with Crippen LogP contribution < -0.4 is 4.72 Å². The summed E-state index contributed by atoms with van der Waals surface area (Å²) in [5.74, 6) is -0.305. The van der Waals surface area contributed by atoms with E-state index in [1.165, 1.54) is 35.2 Å². The van der Waals surface area contributed by atoms with E-state index in [4.69, 9.17) is 0 Å². The number of anilines is 1. The molecule has 0 aliphatic heterocycles. The molecule has 34 heavy (non-hydrogen) atoms. The van der Waals surface area contributed by atoms with Gasteiger partial charge in [0.2, 0.25) is 0 Å². The molecule has 2 N–H and O–H groups in total. The predicted octanol–water partition coefficient (Wildman–Crippen LogP) is 3.54. The molecular weight excluding hydrogens is 452 g/mol. The number of hydrogen-bond acceptors (Lipinski definition) is 6. The highest BCUT2D eigenvalue weighted by atomic mass is 32.2. The summed E-state index contributed by atoms with van der Waals surface area (Å²) in [6, 6.07) is 18.3. The van der Waals surface area contributed by atoms with Crippen molar-refractivity contribution in [3.63, 3.8) is 0 Å². The largest absolute Gasteiger partial charge is 0.385 e. The Hall–Kier alpha value is -3.82. The van der Waals surface area contributed by atoms with Crippen LogP contribution in [-0.4, -0.2) is 47.9 Å². The van der Waals surface area contributed by atoms with Crippen molar-refractivity contribution in [1.82, 2.24) is 14.9 Å². The molecule has 2 aromatic carbocycles. The number of aromatic nitrogens is 2. The SMILES string of the molecule is Cc1cccnc1C(O)CN(C)C(=O)c1ccc(NS(=O)(=O)c2cccc3cccnc23)cc1. The molecule has 0 saturated carbocycles. The highest BCUT2D eigenvalue weighted by Gasteiger charge is 2.20. The van der Waals surface area contributed by atoms with Gasteiger partial charge in [0.15, 0.2) is 0 Å². The van der Waals surface area contributed by atoms with E-state index in [1.54, 1.807) is 49.8 Å². The zero-order valence-corrected chi connectivity index (χ0v) is 19.5. The number of likely N-dealkylation sites (N-methyl/N-ethyl adjacent to an activating group) is 1. The summed E-state index contributed by atoms with van der Waals surface area (Å²) in [5.41, 5.74) is 2.43. The summed E-state index contributed by atoms with van der Waals surface area (Å²) < 4.78 is 28.5. The number of fused-ring (bicyclic) bond motifs is 1. The lowest BCUT2D eigenvalue weighted by Crippen LogP contribution is -2.31. The number of hydrogen-bond donors (Lipinski definition) is 2. The Balaban J connectivity index is 1.47. The van der Waals surface area contributed by atoms with Crippen LogP contribution in [0, 0.1) is 6.92 Å². The van der Waals surface area contributed by atoms with Crippen LogP contribution in [0.4, 0.5) is 5.69 Å². The summed E-state index contributed by atoms with van der Waals surface area (Å²) in [6.45, 7) is 1.92. The normalized spacial score (nSPS) is 12.3. The molecule has 0 aliphatic rings. The molecule has 0 fully saturated rings. The molecule has 0 aliphatic carbocycles. The van der Waals surface area contributed by atoms with E-state index in [9.17, 15) is 18.3 Å². The number of sulfonamides is 1. The molecule has 0 radical (unpaired) electrons. The van der Waals surface area contributed by atoms with E-state index in [1.807, 2.05) is 13.0 Å². The van der Waals surface area contributed by atoms with Gasteiger partial charge in [-0.3, -0.25) is 19.5 Å². The standard InChI is InChI=1S/C25H24N4O4S/c1-17-6-4-14-26-23(17)21(30)16-29(2)25(31)19-10-12-20(13-11-19)28-34(32,33)22-9-3-7-18-8-5-15-27-24(18)22/h3-15,21,28,30H,16H2,1-2H3. The van der Waals surface area contributed by atoms with Crippen molar-refractivity contribution in [2.75, 3.05) is 18.3 Å². The second kappa shape index (κ2) is 9.58. The third-order valence-corrected chi connectivity index (χ3v) is 6.84. The van der Waals surface area contributed by atoms with Gasteiger partial charge in [0.05, 0.1) is 17.8 Å². The molecule has 2 heterocycles. The molecule has 1 unspecified atom stereocenters. The van der Waals surface area contributed by atoms with Crippen LogP contribution in [-0.2, 0) is 10.0 Å². The number of carbonyl (C=O) groups excluding carboxylic acids is 1. The Morgan fingerprint density at radius 3 is 2.41 bits per heavy atom. The van der Waals surface area contributed by atoms with Crippen LogP contribution in [0.1, 0.15) is 27.7 Å². The number of aryl methyl sites for hydroxylation is 1. The molecular formula is C25H24N4O4S. The molecule has 1 atom stereocenters. The van der Waals surface area contributed by atoms with E-state index < -0.39 is 16.1 Å². The van der Waals surface area contributed by atoms with Gasteiger partial charge in [-0.15, -0.1) is 0 Å². The van der Waals surface area contributed by atoms with Crippen molar-refractivity contribution in [1.29, 1.82) is 0 Å². The van der Waals surface area contributed by atoms with Crippen molar-refractivity contribution in [2.24, 2.45) is 0 Å². The van der Waals surface area contributed by atoms with Crippen LogP contribution in [0.2, 0.25) is 0 Å². The number of amides is 1. The number of carbonyl (C=O) groups is 1. The molecule has 174 valence electrons. The smallest absolute Gasteiger partial charge is 0.264 e. The Morgan fingerprint density at radius 1 is 1.00 bits per heavy atom. The first-order valence-corrected chi connectivity index (χ1v) is 12.1. The molecule has 0 spiro atoms. The zero-order chi connectivity index (χ0) is 24.3. The lowest BCUT2D eigenvalue weighted by Gasteiger charge is -2.21. The highest BCUT2D eigenvalue weighted by molar-refractivity contribution is 7.93. The van der Waals surface area contributed by atoms with E-state index in [2.05, 4.69) is 14.7 Å². The average molecular weight is 477 g/mol. The van der Waals surface area contributed by atoms with Crippen molar-refractivity contribution in [2.45, 2.75) is 17.9 Å². The maximum Gasteiger partial charge on any atom is 0.264 e. The first-order chi connectivity index (χ1) is 16.3. The van der Waals surface area contributed by atoms with Crippen molar-refractivity contribution >= 4 is 32.5 Å². The van der Waals surface area contributed by atoms with E-state index in [-0.39, 0.29) is 17.3 Å². The number of para-hydroxylation sites is 1. The fraction of sp³-hybridized carbons (Fsp3) is 0.160. The number of aliphatic hydroxyl groups excluding tert-OH is 1. The van der Waals surface area contributed by atoms with Crippen LogP contribution >= 0.6 is 0 Å². The minimum atomic E-state index is -3.89. The molecule has 9 heteroatoms. The molecule has 2 aromatic heterocycles. The first-order valence-electron chi connectivity index (χ1n) is 10.6. The predicted molar refractivity (Wildman–Crippen MR) is 130 cm³/mol. The van der Waals surface area contributed by atoms with Crippen molar-refractivity contribution < 1.29 is 18.3 Å². The fourth-order valence-electron chi connectivity index (χ4n) is 3.68. The topological polar surface area (TPSA) is 112 Å². The lowest BCUT2D eigenvalue weighted by atomic mass is 10.1. The van der Waals surface area contributed by atoms with Crippen molar-refractivity contribution in [3.05, 3.63) is 95.9 Å². The number of nitrogens with zero attached hydrogens (tertiary/aromatic N) is 3. The van der Waals surface area contributed by atoms with Crippen LogP contribution in [0.3, 0.4) is 0 Å². The summed E-state index contributed by atoms with van der Waals surface area (Å²) in [4.78, 5) is 22.7. The second-order valence-electron chi connectivity index (χ2n) is 7.92. The number of rotatable bonds is 7. The number of nitrogens with one attached hydrogen (secondary N) is 1. The summed E-state index contributed by atoms with van der Waals surface area (Å²) in [5, 5.41) is 11.2. The average Bonchev–Trinajstić information content (AvgIpc) is 2.83. The minimum Gasteiger partial charge on any atom is -0.385 e. The van der Waals surface area contributed by atoms with Crippen LogP contribution in [0.5, 0.6) is 0 Å². The first kappa shape index (κ1) is 23.3. The van der Waals surface area contributed by atoms with Gasteiger partial charge in [-0.1, -0.05) is 24.3 Å². The Morgan fingerprint density at radius 2 is 1.68 bits per heavy atom. The molecule has 1 amide bonds. The number of pyridine rings is 2. The van der Waals surface area contributed by atoms with Gasteiger partial charge >= 0.3 is 0 Å². The Kier molecular flexibility index (Phi) is 6.58. The van der Waals surface area contributed by atoms with Gasteiger partial charge in [-0.2, -0.15) is 0 Å². The van der Waals surface area contributed by atoms with Gasteiger partial charge in [0.25, 0.3) is 15.9 Å². The Labute approximate surface area is 198 Å². The third kappa shape index (κ3) is 4.90. The molecule has 0 saturated heterocycles.